The Balaban J connectivity index is 2.62. The molecule has 98 valence electrons. The second-order valence-corrected chi connectivity index (χ2v) is 4.08. The lowest BCUT2D eigenvalue weighted by molar-refractivity contribution is -0.139. The SMILES string of the molecule is C=CCc1ccc(C[C@H](NNCC)C(=O)O)cc1. The number of rotatable bonds is 8. The van der Waals surface area contributed by atoms with Crippen molar-refractivity contribution < 1.29 is 9.90 Å². The molecule has 0 bridgehead atoms. The molecule has 0 aromatic heterocycles. The van der Waals surface area contributed by atoms with Gasteiger partial charge in [0.05, 0.1) is 0 Å². The minimum absolute atomic E-state index is 0.455. The van der Waals surface area contributed by atoms with Gasteiger partial charge in [0.2, 0.25) is 0 Å². The van der Waals surface area contributed by atoms with Crippen LogP contribution in [0.1, 0.15) is 18.1 Å². The maximum Gasteiger partial charge on any atom is 0.322 e. The maximum atomic E-state index is 11.1. The van der Waals surface area contributed by atoms with Crippen LogP contribution in [0.5, 0.6) is 0 Å². The Morgan fingerprint density at radius 1 is 1.39 bits per heavy atom. The number of hydrazine groups is 1. The summed E-state index contributed by atoms with van der Waals surface area (Å²) in [6.45, 7) is 6.28. The zero-order valence-electron chi connectivity index (χ0n) is 10.6. The molecule has 4 nitrogen and oxygen atoms in total. The number of allylic oxidation sites excluding steroid dienone is 1. The zero-order valence-corrected chi connectivity index (χ0v) is 10.6. The summed E-state index contributed by atoms with van der Waals surface area (Å²) in [5.41, 5.74) is 7.81. The predicted octanol–water partition coefficient (Wildman–Crippen LogP) is 1.52. The molecule has 0 spiro atoms. The second kappa shape index (κ2) is 7.63. The monoisotopic (exact) mass is 248 g/mol. The van der Waals surface area contributed by atoms with Crippen LogP contribution in [-0.2, 0) is 17.6 Å². The molecule has 3 N–H and O–H groups in total. The van der Waals surface area contributed by atoms with Gasteiger partial charge in [0.15, 0.2) is 0 Å². The molecule has 0 amide bonds. The summed E-state index contributed by atoms with van der Waals surface area (Å²) >= 11 is 0. The number of benzene rings is 1. The van der Waals surface area contributed by atoms with Crippen molar-refractivity contribution >= 4 is 5.97 Å². The van der Waals surface area contributed by atoms with Gasteiger partial charge in [-0.3, -0.25) is 10.2 Å². The van der Waals surface area contributed by atoms with Gasteiger partial charge in [-0.2, -0.15) is 0 Å². The first-order valence-electron chi connectivity index (χ1n) is 6.07. The van der Waals surface area contributed by atoms with Crippen molar-refractivity contribution in [1.82, 2.24) is 10.9 Å². The van der Waals surface area contributed by atoms with E-state index in [0.29, 0.717) is 13.0 Å². The van der Waals surface area contributed by atoms with E-state index in [1.807, 2.05) is 37.3 Å². The van der Waals surface area contributed by atoms with Crippen LogP contribution in [0.3, 0.4) is 0 Å². The first kappa shape index (κ1) is 14.4. The molecule has 0 unspecified atom stereocenters. The van der Waals surface area contributed by atoms with E-state index in [4.69, 9.17) is 5.11 Å². The van der Waals surface area contributed by atoms with Gasteiger partial charge < -0.3 is 5.11 Å². The minimum Gasteiger partial charge on any atom is -0.480 e. The Bertz CT molecular complexity index is 387. The van der Waals surface area contributed by atoms with E-state index in [1.165, 1.54) is 5.56 Å². The summed E-state index contributed by atoms with van der Waals surface area (Å²) < 4.78 is 0. The van der Waals surface area contributed by atoms with Crippen molar-refractivity contribution in [2.24, 2.45) is 0 Å². The molecule has 0 fully saturated rings. The van der Waals surface area contributed by atoms with Gasteiger partial charge in [-0.05, 0) is 24.0 Å². The lowest BCUT2D eigenvalue weighted by Crippen LogP contribution is -2.46. The van der Waals surface area contributed by atoms with E-state index in [-0.39, 0.29) is 0 Å². The molecule has 0 aliphatic rings. The molecule has 0 radical (unpaired) electrons. The van der Waals surface area contributed by atoms with Gasteiger partial charge >= 0.3 is 5.97 Å². The third-order valence-corrected chi connectivity index (χ3v) is 2.59. The molecule has 0 saturated heterocycles. The van der Waals surface area contributed by atoms with E-state index in [2.05, 4.69) is 17.4 Å². The summed E-state index contributed by atoms with van der Waals surface area (Å²) in [4.78, 5) is 11.1. The standard InChI is InChI=1S/C14H20N2O2/c1-3-5-11-6-8-12(9-7-11)10-13(14(17)18)16-15-4-2/h3,6-9,13,15-16H,1,4-5,10H2,2H3,(H,17,18)/t13-/m0/s1. The third-order valence-electron chi connectivity index (χ3n) is 2.59. The Hall–Kier alpha value is -1.65. The molecule has 1 rings (SSSR count). The highest BCUT2D eigenvalue weighted by Gasteiger charge is 2.16. The molecule has 4 heteroatoms. The van der Waals surface area contributed by atoms with E-state index >= 15 is 0 Å². The Morgan fingerprint density at radius 2 is 2.00 bits per heavy atom. The van der Waals surface area contributed by atoms with Crippen LogP contribution in [0.25, 0.3) is 0 Å². The molecule has 0 aliphatic carbocycles. The normalized spacial score (nSPS) is 12.1. The highest BCUT2D eigenvalue weighted by atomic mass is 16.4. The Labute approximate surface area is 108 Å². The first-order chi connectivity index (χ1) is 8.67. The van der Waals surface area contributed by atoms with Crippen molar-refractivity contribution in [2.75, 3.05) is 6.54 Å². The van der Waals surface area contributed by atoms with E-state index in [1.54, 1.807) is 0 Å². The summed E-state index contributed by atoms with van der Waals surface area (Å²) in [5, 5.41) is 9.08. The molecule has 1 atom stereocenters. The van der Waals surface area contributed by atoms with Gasteiger partial charge in [-0.25, -0.2) is 5.43 Å². The lowest BCUT2D eigenvalue weighted by atomic mass is 10.0. The van der Waals surface area contributed by atoms with Crippen molar-refractivity contribution in [1.29, 1.82) is 0 Å². The van der Waals surface area contributed by atoms with E-state index in [0.717, 1.165) is 12.0 Å². The van der Waals surface area contributed by atoms with Crippen LogP contribution < -0.4 is 10.9 Å². The molecule has 0 heterocycles. The lowest BCUT2D eigenvalue weighted by Gasteiger charge is -2.14. The molecule has 18 heavy (non-hydrogen) atoms. The number of carbonyl (C=O) groups is 1. The van der Waals surface area contributed by atoms with Crippen LogP contribution in [0.15, 0.2) is 36.9 Å². The van der Waals surface area contributed by atoms with Crippen molar-refractivity contribution in [3.8, 4) is 0 Å². The number of aliphatic carboxylic acids is 1. The van der Waals surface area contributed by atoms with Gasteiger partial charge in [-0.15, -0.1) is 6.58 Å². The van der Waals surface area contributed by atoms with Crippen LogP contribution in [0.4, 0.5) is 0 Å². The Kier molecular flexibility index (Phi) is 6.11. The van der Waals surface area contributed by atoms with Crippen molar-refractivity contribution in [3.05, 3.63) is 48.0 Å². The third kappa shape index (κ3) is 4.69. The van der Waals surface area contributed by atoms with Gasteiger partial charge in [0, 0.05) is 6.54 Å². The second-order valence-electron chi connectivity index (χ2n) is 4.08. The van der Waals surface area contributed by atoms with Gasteiger partial charge in [-0.1, -0.05) is 37.3 Å². The smallest absolute Gasteiger partial charge is 0.322 e. The summed E-state index contributed by atoms with van der Waals surface area (Å²) in [6, 6.07) is 7.31. The molecule has 0 saturated carbocycles. The van der Waals surface area contributed by atoms with Gasteiger partial charge in [0.1, 0.15) is 6.04 Å². The fourth-order valence-corrected chi connectivity index (χ4v) is 1.64. The Morgan fingerprint density at radius 3 is 2.50 bits per heavy atom. The average Bonchev–Trinajstić information content (AvgIpc) is 2.36. The molecule has 0 aliphatic heterocycles. The summed E-state index contributed by atoms with van der Waals surface area (Å²) in [5.74, 6) is -0.855. The van der Waals surface area contributed by atoms with Crippen LogP contribution in [-0.4, -0.2) is 23.7 Å². The van der Waals surface area contributed by atoms with Crippen LogP contribution in [0.2, 0.25) is 0 Å². The zero-order chi connectivity index (χ0) is 13.4. The maximum absolute atomic E-state index is 11.1. The average molecular weight is 248 g/mol. The highest BCUT2D eigenvalue weighted by Crippen LogP contribution is 2.08. The van der Waals surface area contributed by atoms with E-state index < -0.39 is 12.0 Å². The fourth-order valence-electron chi connectivity index (χ4n) is 1.64. The van der Waals surface area contributed by atoms with Gasteiger partial charge in [0.25, 0.3) is 0 Å². The predicted molar refractivity (Wildman–Crippen MR) is 72.3 cm³/mol. The number of carboxylic acids is 1. The van der Waals surface area contributed by atoms with E-state index in [9.17, 15) is 4.79 Å². The highest BCUT2D eigenvalue weighted by molar-refractivity contribution is 5.73. The molecule has 1 aromatic rings. The fraction of sp³-hybridized carbons (Fsp3) is 0.357. The number of hydrogen-bond donors (Lipinski definition) is 3. The van der Waals surface area contributed by atoms with Crippen LogP contribution in [0, 0.1) is 0 Å². The summed E-state index contributed by atoms with van der Waals surface area (Å²) in [6.07, 6.45) is 3.14. The topological polar surface area (TPSA) is 61.4 Å². The largest absolute Gasteiger partial charge is 0.480 e. The minimum atomic E-state index is -0.855. The quantitative estimate of drug-likeness (QED) is 0.482. The van der Waals surface area contributed by atoms with Crippen molar-refractivity contribution in [2.45, 2.75) is 25.8 Å². The molecular formula is C14H20N2O2. The molecular weight excluding hydrogens is 228 g/mol. The molecule has 1 aromatic carbocycles. The first-order valence-corrected chi connectivity index (χ1v) is 6.07. The number of nitrogens with one attached hydrogen (secondary N) is 2. The number of carboxylic acid groups (broad SMARTS) is 1. The number of hydrogen-bond acceptors (Lipinski definition) is 3. The summed E-state index contributed by atoms with van der Waals surface area (Å²) in [7, 11) is 0. The van der Waals surface area contributed by atoms with Crippen LogP contribution >= 0.6 is 0 Å². The van der Waals surface area contributed by atoms with Crippen molar-refractivity contribution in [3.63, 3.8) is 0 Å².